The van der Waals surface area contributed by atoms with Gasteiger partial charge in [0, 0.05) is 0 Å². The minimum atomic E-state index is 1.12. The van der Waals surface area contributed by atoms with Crippen LogP contribution in [0.15, 0.2) is 0 Å². The van der Waals surface area contributed by atoms with Crippen molar-refractivity contribution < 1.29 is 4.48 Å². The van der Waals surface area contributed by atoms with Crippen molar-refractivity contribution in [3.8, 4) is 0 Å². The molecule has 0 aliphatic heterocycles. The van der Waals surface area contributed by atoms with E-state index in [0.29, 0.717) is 0 Å². The fourth-order valence-electron chi connectivity index (χ4n) is 2.43. The van der Waals surface area contributed by atoms with Crippen LogP contribution in [0.4, 0.5) is 0 Å². The van der Waals surface area contributed by atoms with E-state index in [4.69, 9.17) is 0 Å². The molecule has 0 aromatic carbocycles. The summed E-state index contributed by atoms with van der Waals surface area (Å²) in [5, 5.41) is 0. The zero-order valence-corrected chi connectivity index (χ0v) is 16.1. The first-order chi connectivity index (χ1) is 9.56. The second-order valence-electron chi connectivity index (χ2n) is 6.90. The Morgan fingerprint density at radius 3 is 1.15 bits per heavy atom. The molecule has 0 rings (SSSR count). The minimum absolute atomic E-state index is 1.12. The second kappa shape index (κ2) is 17.4. The van der Waals surface area contributed by atoms with Gasteiger partial charge in [-0.1, -0.05) is 71.1 Å². The quantitative estimate of drug-likeness (QED) is 0.254. The fraction of sp³-hybridized carbons (Fsp3) is 1.00. The highest BCUT2D eigenvalue weighted by atomic mass is 32.1. The summed E-state index contributed by atoms with van der Waals surface area (Å²) >= 11 is 2.97. The van der Waals surface area contributed by atoms with Gasteiger partial charge in [-0.3, -0.25) is 0 Å². The summed E-state index contributed by atoms with van der Waals surface area (Å²) in [7, 11) is 6.87. The van der Waals surface area contributed by atoms with Crippen LogP contribution in [0.5, 0.6) is 0 Å². The summed E-state index contributed by atoms with van der Waals surface area (Å²) < 4.78 is 1.12. The van der Waals surface area contributed by atoms with Gasteiger partial charge in [0.05, 0.1) is 33.9 Å². The molecule has 0 aromatic heterocycles. The number of nitrogens with zero attached hydrogens (tertiary/aromatic N) is 1. The molecule has 0 aliphatic carbocycles. The zero-order chi connectivity index (χ0) is 15.7. The molecule has 0 saturated heterocycles. The van der Waals surface area contributed by atoms with E-state index < -0.39 is 0 Å². The van der Waals surface area contributed by atoms with Crippen LogP contribution in [0.2, 0.25) is 0 Å². The molecular formula is C18H43NS+2. The fourth-order valence-corrected chi connectivity index (χ4v) is 2.43. The third kappa shape index (κ3) is 23.4. The Balaban J connectivity index is 0. The van der Waals surface area contributed by atoms with Gasteiger partial charge in [0.15, 0.2) is 0 Å². The number of hydrogen-bond acceptors (Lipinski definition) is 0. The molecule has 0 amide bonds. The Hall–Kier alpha value is 0.310. The smallest absolute Gasteiger partial charge is 0.0929 e. The van der Waals surface area contributed by atoms with Gasteiger partial charge in [-0.25, -0.2) is 0 Å². The van der Waals surface area contributed by atoms with Crippen molar-refractivity contribution in [3.63, 3.8) is 0 Å². The number of unbranched alkanes of at least 4 members (excludes halogenated alkanes) is 11. The van der Waals surface area contributed by atoms with E-state index in [9.17, 15) is 0 Å². The van der Waals surface area contributed by atoms with E-state index in [0.717, 1.165) is 4.48 Å². The predicted octanol–water partition coefficient (Wildman–Crippen LogP) is 5.02. The van der Waals surface area contributed by atoms with Crippen molar-refractivity contribution in [1.82, 2.24) is 0 Å². The lowest BCUT2D eigenvalue weighted by atomic mass is 10.1. The van der Waals surface area contributed by atoms with Crippen molar-refractivity contribution in [1.29, 1.82) is 0 Å². The largest absolute Gasteiger partial charge is 0.331 e. The third-order valence-corrected chi connectivity index (χ3v) is 3.68. The van der Waals surface area contributed by atoms with Crippen LogP contribution in [0.25, 0.3) is 0 Å². The van der Waals surface area contributed by atoms with E-state index >= 15 is 0 Å². The highest BCUT2D eigenvalue weighted by Gasteiger charge is 2.04. The summed E-state index contributed by atoms with van der Waals surface area (Å²) in [4.78, 5) is 0. The predicted molar refractivity (Wildman–Crippen MR) is 100 cm³/mol. The molecule has 2 heteroatoms. The lowest BCUT2D eigenvalue weighted by Crippen LogP contribution is -2.35. The highest BCUT2D eigenvalue weighted by molar-refractivity contribution is 7.57. The number of hydrogen-bond donors (Lipinski definition) is 0. The van der Waals surface area contributed by atoms with Crippen LogP contribution in [-0.2, 0) is 12.6 Å². The van der Waals surface area contributed by atoms with Gasteiger partial charge in [-0.15, -0.1) is 0 Å². The average Bonchev–Trinajstić information content (AvgIpc) is 2.41. The number of rotatable bonds is 13. The van der Waals surface area contributed by atoms with Crippen LogP contribution in [0, 0.1) is 0 Å². The molecule has 0 bridgehead atoms. The summed E-state index contributed by atoms with van der Waals surface area (Å²) in [6.07, 6.45) is 19.2. The van der Waals surface area contributed by atoms with E-state index in [-0.39, 0.29) is 0 Å². The van der Waals surface area contributed by atoms with Gasteiger partial charge in [-0.05, 0) is 25.5 Å². The van der Waals surface area contributed by atoms with Crippen molar-refractivity contribution in [2.75, 3.05) is 33.9 Å². The molecule has 0 heterocycles. The van der Waals surface area contributed by atoms with Crippen LogP contribution in [-0.4, -0.2) is 38.4 Å². The summed E-state index contributed by atoms with van der Waals surface area (Å²) in [5.74, 6) is 0. The topological polar surface area (TPSA) is 0 Å². The normalized spacial score (nSPS) is 11.1. The van der Waals surface area contributed by atoms with Crippen LogP contribution < -0.4 is 0 Å². The Morgan fingerprint density at radius 2 is 0.850 bits per heavy atom. The molecular weight excluding hydrogens is 262 g/mol. The van der Waals surface area contributed by atoms with E-state index in [2.05, 4.69) is 40.7 Å². The van der Waals surface area contributed by atoms with E-state index in [1.807, 2.05) is 0 Å². The molecule has 124 valence electrons. The Labute approximate surface area is 135 Å². The SMILES string of the molecule is CCCCCCCCCCCCCC[N+](C)(C)C.C[SH2+]. The maximum Gasteiger partial charge on any atom is 0.0929 e. The average molecular weight is 306 g/mol. The molecule has 0 saturated carbocycles. The number of quaternary nitrogens is 1. The molecule has 0 atom stereocenters. The third-order valence-electron chi connectivity index (χ3n) is 3.68. The first kappa shape index (κ1) is 22.6. The van der Waals surface area contributed by atoms with Crippen LogP contribution in [0.1, 0.15) is 84.0 Å². The highest BCUT2D eigenvalue weighted by Crippen LogP contribution is 2.12. The first-order valence-electron chi connectivity index (χ1n) is 8.86. The molecule has 1 nitrogen and oxygen atoms in total. The lowest BCUT2D eigenvalue weighted by Gasteiger charge is -2.23. The van der Waals surface area contributed by atoms with Crippen LogP contribution in [0.3, 0.4) is 0 Å². The Morgan fingerprint density at radius 1 is 0.550 bits per heavy atom. The molecule has 0 aliphatic rings. The molecule has 0 N–H and O–H groups in total. The van der Waals surface area contributed by atoms with Gasteiger partial charge in [0.1, 0.15) is 0 Å². The van der Waals surface area contributed by atoms with E-state index in [1.54, 1.807) is 6.26 Å². The van der Waals surface area contributed by atoms with Crippen molar-refractivity contribution in [2.45, 2.75) is 84.0 Å². The monoisotopic (exact) mass is 305 g/mol. The van der Waals surface area contributed by atoms with Gasteiger partial charge < -0.3 is 4.48 Å². The summed E-state index contributed by atoms with van der Waals surface area (Å²) in [6.45, 7) is 3.62. The van der Waals surface area contributed by atoms with Crippen LogP contribution >= 0.6 is 0 Å². The minimum Gasteiger partial charge on any atom is -0.331 e. The standard InChI is InChI=1S/C17H38N.CH4S/c1-5-6-7-8-9-10-11-12-13-14-15-16-17-18(2,3)4;1-2/h5-17H2,1-4H3;2H,1H3/q+1;/p+1. The maximum absolute atomic E-state index is 2.97. The Bertz CT molecular complexity index is 163. The zero-order valence-electron chi connectivity index (χ0n) is 15.1. The Kier molecular flexibility index (Phi) is 19.6. The summed E-state index contributed by atoms with van der Waals surface area (Å²) in [6, 6.07) is 0. The molecule has 0 fully saturated rings. The summed E-state index contributed by atoms with van der Waals surface area (Å²) in [5.41, 5.74) is 0. The molecule has 0 unspecified atom stereocenters. The van der Waals surface area contributed by atoms with Crippen molar-refractivity contribution >= 4 is 12.6 Å². The van der Waals surface area contributed by atoms with E-state index in [1.165, 1.54) is 83.6 Å². The van der Waals surface area contributed by atoms with Gasteiger partial charge >= 0.3 is 0 Å². The first-order valence-corrected chi connectivity index (χ1v) is 9.86. The lowest BCUT2D eigenvalue weighted by molar-refractivity contribution is -0.870. The molecule has 0 spiro atoms. The second-order valence-corrected chi connectivity index (χ2v) is 6.90. The van der Waals surface area contributed by atoms with Gasteiger partial charge in [-0.2, -0.15) is 0 Å². The maximum atomic E-state index is 2.97. The van der Waals surface area contributed by atoms with Gasteiger partial charge in [0.2, 0.25) is 0 Å². The van der Waals surface area contributed by atoms with Gasteiger partial charge in [0.25, 0.3) is 0 Å². The molecule has 0 radical (unpaired) electrons. The van der Waals surface area contributed by atoms with Crippen molar-refractivity contribution in [2.24, 2.45) is 0 Å². The molecule has 20 heavy (non-hydrogen) atoms. The molecule has 0 aromatic rings. The van der Waals surface area contributed by atoms with Crippen molar-refractivity contribution in [3.05, 3.63) is 0 Å².